The van der Waals surface area contributed by atoms with Gasteiger partial charge in [0.15, 0.2) is 10.9 Å². The average molecular weight is 228 g/mol. The van der Waals surface area contributed by atoms with Crippen LogP contribution in [0.3, 0.4) is 0 Å². The molecule has 0 aliphatic carbocycles. The standard InChI is InChI=1S/C7H5ClF3NO2/c8-6-5(14-7(9,10)11)2-1-4(3-13)12-6/h1-2,13H,3H2. The van der Waals surface area contributed by atoms with E-state index in [-0.39, 0.29) is 5.69 Å². The lowest BCUT2D eigenvalue weighted by molar-refractivity contribution is -0.274. The molecule has 1 rings (SSSR count). The van der Waals surface area contributed by atoms with Crippen LogP contribution < -0.4 is 4.74 Å². The fraction of sp³-hybridized carbons (Fsp3) is 0.286. The molecule has 0 fully saturated rings. The van der Waals surface area contributed by atoms with Gasteiger partial charge >= 0.3 is 6.36 Å². The molecular weight excluding hydrogens is 223 g/mol. The number of alkyl halides is 3. The number of ether oxygens (including phenoxy) is 1. The Balaban J connectivity index is 2.89. The Hall–Kier alpha value is -1.01. The summed E-state index contributed by atoms with van der Waals surface area (Å²) in [5.41, 5.74) is 0.171. The zero-order valence-corrected chi connectivity index (χ0v) is 7.43. The van der Waals surface area contributed by atoms with Crippen LogP contribution in [0.1, 0.15) is 5.69 Å². The zero-order valence-electron chi connectivity index (χ0n) is 6.68. The molecule has 0 atom stereocenters. The summed E-state index contributed by atoms with van der Waals surface area (Å²) in [6.07, 6.45) is -4.80. The third kappa shape index (κ3) is 3.04. The van der Waals surface area contributed by atoms with Gasteiger partial charge in [0.05, 0.1) is 12.3 Å². The SMILES string of the molecule is OCc1ccc(OC(F)(F)F)c(Cl)n1. The highest BCUT2D eigenvalue weighted by molar-refractivity contribution is 6.30. The van der Waals surface area contributed by atoms with E-state index in [4.69, 9.17) is 16.7 Å². The molecule has 78 valence electrons. The number of aliphatic hydroxyl groups is 1. The second kappa shape index (κ2) is 4.02. The molecule has 0 aliphatic heterocycles. The Labute approximate surface area is 82.1 Å². The average Bonchev–Trinajstić information content (AvgIpc) is 2.06. The summed E-state index contributed by atoms with van der Waals surface area (Å²) >= 11 is 5.37. The molecule has 0 saturated carbocycles. The van der Waals surface area contributed by atoms with Crippen LogP contribution in [0.4, 0.5) is 13.2 Å². The maximum absolute atomic E-state index is 11.7. The monoisotopic (exact) mass is 227 g/mol. The summed E-state index contributed by atoms with van der Waals surface area (Å²) in [7, 11) is 0. The van der Waals surface area contributed by atoms with Crippen LogP contribution in [-0.4, -0.2) is 16.5 Å². The van der Waals surface area contributed by atoms with E-state index in [9.17, 15) is 13.2 Å². The van der Waals surface area contributed by atoms with Crippen molar-refractivity contribution in [1.82, 2.24) is 4.98 Å². The molecule has 0 aromatic carbocycles. The van der Waals surface area contributed by atoms with E-state index < -0.39 is 23.9 Å². The van der Waals surface area contributed by atoms with Gasteiger partial charge in [0.25, 0.3) is 0 Å². The van der Waals surface area contributed by atoms with Crippen molar-refractivity contribution in [3.8, 4) is 5.75 Å². The Bertz CT molecular complexity index is 329. The number of aromatic nitrogens is 1. The minimum atomic E-state index is -4.80. The van der Waals surface area contributed by atoms with Gasteiger partial charge in [-0.25, -0.2) is 4.98 Å². The first-order chi connectivity index (χ1) is 6.42. The lowest BCUT2D eigenvalue weighted by Gasteiger charge is -2.09. The summed E-state index contributed by atoms with van der Waals surface area (Å²) in [6, 6.07) is 2.18. The molecule has 3 nitrogen and oxygen atoms in total. The number of nitrogens with zero attached hydrogens (tertiary/aromatic N) is 1. The molecule has 1 aromatic rings. The number of rotatable bonds is 2. The van der Waals surface area contributed by atoms with Crippen LogP contribution in [0.5, 0.6) is 5.75 Å². The highest BCUT2D eigenvalue weighted by Gasteiger charge is 2.32. The fourth-order valence-corrected chi connectivity index (χ4v) is 0.958. The number of aliphatic hydroxyl groups excluding tert-OH is 1. The van der Waals surface area contributed by atoms with E-state index in [1.54, 1.807) is 0 Å². The number of halogens is 4. The third-order valence-electron chi connectivity index (χ3n) is 1.26. The van der Waals surface area contributed by atoms with Crippen molar-refractivity contribution in [2.45, 2.75) is 13.0 Å². The maximum atomic E-state index is 11.7. The van der Waals surface area contributed by atoms with Gasteiger partial charge in [-0.2, -0.15) is 0 Å². The molecule has 0 amide bonds. The molecule has 0 unspecified atom stereocenters. The minimum absolute atomic E-state index is 0.171. The molecule has 14 heavy (non-hydrogen) atoms. The van der Waals surface area contributed by atoms with Crippen molar-refractivity contribution in [1.29, 1.82) is 0 Å². The van der Waals surface area contributed by atoms with Gasteiger partial charge in [-0.3, -0.25) is 0 Å². The van der Waals surface area contributed by atoms with Crippen LogP contribution in [0.25, 0.3) is 0 Å². The molecule has 0 spiro atoms. The summed E-state index contributed by atoms with van der Waals surface area (Å²) in [5, 5.41) is 8.17. The normalized spacial score (nSPS) is 11.5. The van der Waals surface area contributed by atoms with Crippen molar-refractivity contribution in [3.63, 3.8) is 0 Å². The number of pyridine rings is 1. The van der Waals surface area contributed by atoms with Crippen molar-refractivity contribution in [2.75, 3.05) is 0 Å². The smallest absolute Gasteiger partial charge is 0.402 e. The van der Waals surface area contributed by atoms with Crippen molar-refractivity contribution < 1.29 is 23.0 Å². The minimum Gasteiger partial charge on any atom is -0.402 e. The Morgan fingerprint density at radius 3 is 2.50 bits per heavy atom. The summed E-state index contributed by atoms with van der Waals surface area (Å²) in [6.45, 7) is -0.397. The van der Waals surface area contributed by atoms with Crippen LogP contribution >= 0.6 is 11.6 Å². The zero-order chi connectivity index (χ0) is 10.8. The van der Waals surface area contributed by atoms with E-state index in [1.165, 1.54) is 6.07 Å². The third-order valence-corrected chi connectivity index (χ3v) is 1.53. The van der Waals surface area contributed by atoms with Gasteiger partial charge in [-0.1, -0.05) is 11.6 Å². The molecule has 1 N–H and O–H groups in total. The predicted molar refractivity (Wildman–Crippen MR) is 41.9 cm³/mol. The van der Waals surface area contributed by atoms with Crippen molar-refractivity contribution in [2.24, 2.45) is 0 Å². The lowest BCUT2D eigenvalue weighted by Crippen LogP contribution is -2.17. The Morgan fingerprint density at radius 1 is 1.43 bits per heavy atom. The van der Waals surface area contributed by atoms with E-state index >= 15 is 0 Å². The highest BCUT2D eigenvalue weighted by Crippen LogP contribution is 2.28. The second-order valence-corrected chi connectivity index (χ2v) is 2.66. The quantitative estimate of drug-likeness (QED) is 0.787. The Morgan fingerprint density at radius 2 is 2.07 bits per heavy atom. The van der Waals surface area contributed by atoms with Crippen molar-refractivity contribution >= 4 is 11.6 Å². The molecule has 1 heterocycles. The molecule has 0 radical (unpaired) electrons. The first-order valence-corrected chi connectivity index (χ1v) is 3.82. The van der Waals surface area contributed by atoms with Crippen molar-refractivity contribution in [3.05, 3.63) is 23.0 Å². The van der Waals surface area contributed by atoms with Gasteiger partial charge < -0.3 is 9.84 Å². The predicted octanol–water partition coefficient (Wildman–Crippen LogP) is 2.13. The largest absolute Gasteiger partial charge is 0.573 e. The number of hydrogen-bond acceptors (Lipinski definition) is 3. The van der Waals surface area contributed by atoms with Crippen LogP contribution in [-0.2, 0) is 6.61 Å². The summed E-state index contributed by atoms with van der Waals surface area (Å²) in [4.78, 5) is 3.47. The Kier molecular flexibility index (Phi) is 3.17. The van der Waals surface area contributed by atoms with E-state index in [0.29, 0.717) is 0 Å². The lowest BCUT2D eigenvalue weighted by atomic mass is 10.3. The van der Waals surface area contributed by atoms with Gasteiger partial charge in [-0.05, 0) is 12.1 Å². The number of hydrogen-bond donors (Lipinski definition) is 1. The van der Waals surface area contributed by atoms with E-state index in [0.717, 1.165) is 6.07 Å². The highest BCUT2D eigenvalue weighted by atomic mass is 35.5. The molecular formula is C7H5ClF3NO2. The van der Waals surface area contributed by atoms with Gasteiger partial charge in [0.1, 0.15) is 0 Å². The molecule has 1 aromatic heterocycles. The summed E-state index contributed by atoms with van der Waals surface area (Å²) < 4.78 is 38.8. The molecule has 0 bridgehead atoms. The van der Waals surface area contributed by atoms with Crippen LogP contribution in [0.15, 0.2) is 12.1 Å². The van der Waals surface area contributed by atoms with Gasteiger partial charge in [0, 0.05) is 0 Å². The maximum Gasteiger partial charge on any atom is 0.573 e. The van der Waals surface area contributed by atoms with E-state index in [1.807, 2.05) is 0 Å². The molecule has 7 heteroatoms. The summed E-state index contributed by atoms with van der Waals surface area (Å²) in [5.74, 6) is -0.587. The van der Waals surface area contributed by atoms with Gasteiger partial charge in [-0.15, -0.1) is 13.2 Å². The molecule has 0 aliphatic rings. The fourth-order valence-electron chi connectivity index (χ4n) is 0.748. The van der Waals surface area contributed by atoms with E-state index in [2.05, 4.69) is 9.72 Å². The molecule has 0 saturated heterocycles. The first kappa shape index (κ1) is 11.1. The van der Waals surface area contributed by atoms with Gasteiger partial charge in [0.2, 0.25) is 0 Å². The van der Waals surface area contributed by atoms with Crippen LogP contribution in [0.2, 0.25) is 5.15 Å². The van der Waals surface area contributed by atoms with Crippen LogP contribution in [0, 0.1) is 0 Å². The first-order valence-electron chi connectivity index (χ1n) is 3.44. The topological polar surface area (TPSA) is 42.4 Å². The second-order valence-electron chi connectivity index (χ2n) is 2.30.